The summed E-state index contributed by atoms with van der Waals surface area (Å²) in [5.41, 5.74) is 9.36. The van der Waals surface area contributed by atoms with E-state index in [1.54, 1.807) is 6.07 Å². The maximum absolute atomic E-state index is 13.2. The Kier molecular flexibility index (Phi) is 4.10. The van der Waals surface area contributed by atoms with E-state index in [9.17, 15) is 4.39 Å². The fourth-order valence-corrected chi connectivity index (χ4v) is 2.35. The zero-order chi connectivity index (χ0) is 14.0. The first-order valence-electron chi connectivity index (χ1n) is 5.91. The molecule has 0 amide bonds. The van der Waals surface area contributed by atoms with Crippen LogP contribution in [0.25, 0.3) is 0 Å². The van der Waals surface area contributed by atoms with Crippen molar-refractivity contribution in [3.05, 3.63) is 57.3 Å². The van der Waals surface area contributed by atoms with Gasteiger partial charge in [0.15, 0.2) is 0 Å². The third kappa shape index (κ3) is 3.26. The van der Waals surface area contributed by atoms with Crippen molar-refractivity contribution in [2.45, 2.75) is 20.5 Å². The van der Waals surface area contributed by atoms with Gasteiger partial charge in [0.1, 0.15) is 18.2 Å². The lowest BCUT2D eigenvalue weighted by molar-refractivity contribution is 0.304. The molecule has 0 spiro atoms. The molecule has 2 nitrogen and oxygen atoms in total. The van der Waals surface area contributed by atoms with E-state index in [2.05, 4.69) is 15.9 Å². The molecule has 100 valence electrons. The Labute approximate surface area is 120 Å². The fourth-order valence-electron chi connectivity index (χ4n) is 1.99. The highest BCUT2D eigenvalue weighted by atomic mass is 79.9. The number of halogens is 2. The standard InChI is InChI=1S/C15H15BrFNO/c1-9-5-10(2)15(14(18)6-9)19-8-11-7-12(17)3-4-13(11)16/h3-7H,8,18H2,1-2H3. The monoisotopic (exact) mass is 323 g/mol. The summed E-state index contributed by atoms with van der Waals surface area (Å²) in [6.45, 7) is 4.20. The predicted octanol–water partition coefficient (Wildman–Crippen LogP) is 4.37. The van der Waals surface area contributed by atoms with Crippen molar-refractivity contribution >= 4 is 21.6 Å². The van der Waals surface area contributed by atoms with Crippen LogP contribution >= 0.6 is 15.9 Å². The number of nitrogen functional groups attached to an aromatic ring is 1. The quantitative estimate of drug-likeness (QED) is 0.851. The van der Waals surface area contributed by atoms with E-state index in [0.717, 1.165) is 21.2 Å². The van der Waals surface area contributed by atoms with E-state index in [0.29, 0.717) is 11.4 Å². The summed E-state index contributed by atoms with van der Waals surface area (Å²) < 4.78 is 19.7. The molecule has 0 aliphatic rings. The molecule has 2 aromatic carbocycles. The van der Waals surface area contributed by atoms with E-state index in [-0.39, 0.29) is 12.4 Å². The minimum absolute atomic E-state index is 0.270. The van der Waals surface area contributed by atoms with Gasteiger partial charge in [-0.15, -0.1) is 0 Å². The van der Waals surface area contributed by atoms with Gasteiger partial charge >= 0.3 is 0 Å². The van der Waals surface area contributed by atoms with Gasteiger partial charge in [0.2, 0.25) is 0 Å². The third-order valence-corrected chi connectivity index (χ3v) is 3.60. The minimum atomic E-state index is -0.282. The molecule has 0 bridgehead atoms. The van der Waals surface area contributed by atoms with E-state index < -0.39 is 0 Å². The average molecular weight is 324 g/mol. The van der Waals surface area contributed by atoms with Gasteiger partial charge in [0.25, 0.3) is 0 Å². The largest absolute Gasteiger partial charge is 0.486 e. The molecule has 0 aliphatic carbocycles. The van der Waals surface area contributed by atoms with Crippen molar-refractivity contribution in [1.82, 2.24) is 0 Å². The number of hydrogen-bond donors (Lipinski definition) is 1. The second-order valence-corrected chi connectivity index (χ2v) is 5.38. The fraction of sp³-hybridized carbons (Fsp3) is 0.200. The van der Waals surface area contributed by atoms with E-state index in [4.69, 9.17) is 10.5 Å². The van der Waals surface area contributed by atoms with Crippen LogP contribution in [0.1, 0.15) is 16.7 Å². The number of hydrogen-bond acceptors (Lipinski definition) is 2. The van der Waals surface area contributed by atoms with Crippen molar-refractivity contribution in [3.63, 3.8) is 0 Å². The summed E-state index contributed by atoms with van der Waals surface area (Å²) in [4.78, 5) is 0. The lowest BCUT2D eigenvalue weighted by atomic mass is 10.1. The molecule has 0 fully saturated rings. The maximum Gasteiger partial charge on any atom is 0.145 e. The van der Waals surface area contributed by atoms with Gasteiger partial charge in [-0.1, -0.05) is 22.0 Å². The summed E-state index contributed by atoms with van der Waals surface area (Å²) in [5, 5.41) is 0. The van der Waals surface area contributed by atoms with E-state index >= 15 is 0 Å². The van der Waals surface area contributed by atoms with Crippen LogP contribution in [-0.4, -0.2) is 0 Å². The van der Waals surface area contributed by atoms with Crippen LogP contribution in [0.3, 0.4) is 0 Å². The van der Waals surface area contributed by atoms with E-state index in [1.807, 2.05) is 26.0 Å². The average Bonchev–Trinajstić information content (AvgIpc) is 2.32. The molecule has 0 saturated carbocycles. The molecule has 0 radical (unpaired) electrons. The molecule has 0 unspecified atom stereocenters. The van der Waals surface area contributed by atoms with Crippen molar-refractivity contribution in [1.29, 1.82) is 0 Å². The summed E-state index contributed by atoms with van der Waals surface area (Å²) in [5.74, 6) is 0.372. The summed E-state index contributed by atoms with van der Waals surface area (Å²) in [6, 6.07) is 8.39. The SMILES string of the molecule is Cc1cc(C)c(OCc2cc(F)ccc2Br)c(N)c1. The second-order valence-electron chi connectivity index (χ2n) is 4.52. The smallest absolute Gasteiger partial charge is 0.145 e. The number of ether oxygens (including phenoxy) is 1. The number of anilines is 1. The van der Waals surface area contributed by atoms with Gasteiger partial charge in [-0.2, -0.15) is 0 Å². The number of rotatable bonds is 3. The maximum atomic E-state index is 13.2. The van der Waals surface area contributed by atoms with Gasteiger partial charge in [-0.3, -0.25) is 0 Å². The normalized spacial score (nSPS) is 10.5. The van der Waals surface area contributed by atoms with Crippen LogP contribution < -0.4 is 10.5 Å². The first-order valence-corrected chi connectivity index (χ1v) is 6.70. The molecule has 0 heterocycles. The Hall–Kier alpha value is -1.55. The van der Waals surface area contributed by atoms with E-state index in [1.165, 1.54) is 12.1 Å². The summed E-state index contributed by atoms with van der Waals surface area (Å²) in [6.07, 6.45) is 0. The predicted molar refractivity (Wildman–Crippen MR) is 78.8 cm³/mol. The highest BCUT2D eigenvalue weighted by Crippen LogP contribution is 2.29. The molecule has 19 heavy (non-hydrogen) atoms. The van der Waals surface area contributed by atoms with Crippen LogP contribution in [0.15, 0.2) is 34.8 Å². The Morgan fingerprint density at radius 2 is 1.95 bits per heavy atom. The van der Waals surface area contributed by atoms with Gasteiger partial charge in [0.05, 0.1) is 5.69 Å². The topological polar surface area (TPSA) is 35.2 Å². The van der Waals surface area contributed by atoms with Crippen LogP contribution in [-0.2, 0) is 6.61 Å². The van der Waals surface area contributed by atoms with Crippen LogP contribution in [0, 0.1) is 19.7 Å². The van der Waals surface area contributed by atoms with Crippen LogP contribution in [0.2, 0.25) is 0 Å². The van der Waals surface area contributed by atoms with Crippen LogP contribution in [0.4, 0.5) is 10.1 Å². The molecule has 2 aromatic rings. The summed E-state index contributed by atoms with van der Waals surface area (Å²) >= 11 is 3.37. The first-order chi connectivity index (χ1) is 8.97. The van der Waals surface area contributed by atoms with Gasteiger partial charge in [-0.25, -0.2) is 4.39 Å². The zero-order valence-electron chi connectivity index (χ0n) is 10.8. The van der Waals surface area contributed by atoms with Gasteiger partial charge in [-0.05, 0) is 49.2 Å². The molecule has 0 aliphatic heterocycles. The molecule has 0 atom stereocenters. The van der Waals surface area contributed by atoms with Crippen molar-refractivity contribution in [2.24, 2.45) is 0 Å². The molecule has 2 N–H and O–H groups in total. The van der Waals surface area contributed by atoms with Crippen LogP contribution in [0.5, 0.6) is 5.75 Å². The molecule has 2 rings (SSSR count). The third-order valence-electron chi connectivity index (χ3n) is 2.83. The first kappa shape index (κ1) is 13.9. The van der Waals surface area contributed by atoms with Gasteiger partial charge in [0, 0.05) is 10.0 Å². The Morgan fingerprint density at radius 1 is 1.21 bits per heavy atom. The second kappa shape index (κ2) is 5.61. The molecule has 0 saturated heterocycles. The lowest BCUT2D eigenvalue weighted by Gasteiger charge is -2.13. The molecular formula is C15H15BrFNO. The number of benzene rings is 2. The highest BCUT2D eigenvalue weighted by molar-refractivity contribution is 9.10. The number of aryl methyl sites for hydroxylation is 2. The summed E-state index contributed by atoms with van der Waals surface area (Å²) in [7, 11) is 0. The lowest BCUT2D eigenvalue weighted by Crippen LogP contribution is -2.02. The molecule has 0 aromatic heterocycles. The Bertz CT molecular complexity index is 590. The number of nitrogens with two attached hydrogens (primary N) is 1. The van der Waals surface area contributed by atoms with Crippen molar-refractivity contribution < 1.29 is 9.13 Å². The van der Waals surface area contributed by atoms with Crippen molar-refractivity contribution in [2.75, 3.05) is 5.73 Å². The highest BCUT2D eigenvalue weighted by Gasteiger charge is 2.08. The Balaban J connectivity index is 2.21. The molecular weight excluding hydrogens is 309 g/mol. The van der Waals surface area contributed by atoms with Gasteiger partial charge < -0.3 is 10.5 Å². The zero-order valence-corrected chi connectivity index (χ0v) is 12.4. The van der Waals surface area contributed by atoms with Crippen molar-refractivity contribution in [3.8, 4) is 5.75 Å². The Morgan fingerprint density at radius 3 is 2.63 bits per heavy atom. The minimum Gasteiger partial charge on any atom is -0.486 e. The molecule has 4 heteroatoms.